The minimum Gasteiger partial charge on any atom is -0.456 e. The number of esters is 1. The van der Waals surface area contributed by atoms with Crippen LogP contribution in [0.5, 0.6) is 0 Å². The molecule has 3 nitrogen and oxygen atoms in total. The van der Waals surface area contributed by atoms with Gasteiger partial charge in [-0.1, -0.05) is 12.0 Å². The van der Waals surface area contributed by atoms with Gasteiger partial charge in [0.25, 0.3) is 0 Å². The Balaban J connectivity index is 2.91. The zero-order chi connectivity index (χ0) is 12.0. The van der Waals surface area contributed by atoms with E-state index >= 15 is 0 Å². The van der Waals surface area contributed by atoms with Crippen molar-refractivity contribution in [1.29, 1.82) is 0 Å². The maximum Gasteiger partial charge on any atom is 0.384 e. The van der Waals surface area contributed by atoms with Gasteiger partial charge in [0.15, 0.2) is 0 Å². The standard InChI is InChI=1S/C12H11FO3/c1-2-16-12(15)6-4-10-7-9(8-14)3-5-11(10)13/h3,5,7,14H,2,8H2,1H3. The molecule has 0 saturated heterocycles. The van der Waals surface area contributed by atoms with Gasteiger partial charge in [-0.3, -0.25) is 0 Å². The molecule has 0 amide bonds. The van der Waals surface area contributed by atoms with Crippen LogP contribution in [0.4, 0.5) is 4.39 Å². The largest absolute Gasteiger partial charge is 0.456 e. The molecular weight excluding hydrogens is 211 g/mol. The van der Waals surface area contributed by atoms with Crippen molar-refractivity contribution >= 4 is 5.97 Å². The Morgan fingerprint density at radius 1 is 1.56 bits per heavy atom. The zero-order valence-electron chi connectivity index (χ0n) is 8.79. The van der Waals surface area contributed by atoms with Gasteiger partial charge in [-0.2, -0.15) is 0 Å². The number of halogens is 1. The summed E-state index contributed by atoms with van der Waals surface area (Å²) < 4.78 is 17.8. The average Bonchev–Trinajstić information content (AvgIpc) is 2.28. The van der Waals surface area contributed by atoms with E-state index in [9.17, 15) is 9.18 Å². The van der Waals surface area contributed by atoms with Crippen LogP contribution in [0, 0.1) is 17.7 Å². The van der Waals surface area contributed by atoms with E-state index in [1.165, 1.54) is 18.2 Å². The molecule has 0 bridgehead atoms. The van der Waals surface area contributed by atoms with Gasteiger partial charge in [0.05, 0.1) is 18.8 Å². The number of carbonyl (C=O) groups is 1. The van der Waals surface area contributed by atoms with Gasteiger partial charge in [-0.15, -0.1) is 0 Å². The molecule has 0 atom stereocenters. The fraction of sp³-hybridized carbons (Fsp3) is 0.250. The Bertz CT molecular complexity index is 443. The number of aliphatic hydroxyl groups excluding tert-OH is 1. The van der Waals surface area contributed by atoms with E-state index < -0.39 is 11.8 Å². The topological polar surface area (TPSA) is 46.5 Å². The van der Waals surface area contributed by atoms with E-state index in [2.05, 4.69) is 16.6 Å². The number of hydrogen-bond acceptors (Lipinski definition) is 3. The number of carbonyl (C=O) groups excluding carboxylic acids is 1. The zero-order valence-corrected chi connectivity index (χ0v) is 8.79. The van der Waals surface area contributed by atoms with Crippen LogP contribution < -0.4 is 0 Å². The van der Waals surface area contributed by atoms with Crippen molar-refractivity contribution in [2.24, 2.45) is 0 Å². The van der Waals surface area contributed by atoms with Crippen molar-refractivity contribution in [3.8, 4) is 11.8 Å². The predicted molar refractivity (Wildman–Crippen MR) is 55.8 cm³/mol. The van der Waals surface area contributed by atoms with Gasteiger partial charge >= 0.3 is 5.97 Å². The van der Waals surface area contributed by atoms with Crippen LogP contribution in [0.25, 0.3) is 0 Å². The van der Waals surface area contributed by atoms with E-state index in [0.29, 0.717) is 5.56 Å². The lowest BCUT2D eigenvalue weighted by Crippen LogP contribution is -2.00. The first kappa shape index (κ1) is 12.2. The van der Waals surface area contributed by atoms with Crippen LogP contribution in [0.1, 0.15) is 18.1 Å². The molecule has 0 aliphatic rings. The van der Waals surface area contributed by atoms with Crippen molar-refractivity contribution in [3.63, 3.8) is 0 Å². The molecule has 4 heteroatoms. The van der Waals surface area contributed by atoms with Crippen LogP contribution >= 0.6 is 0 Å². The van der Waals surface area contributed by atoms with Crippen LogP contribution in [-0.4, -0.2) is 17.7 Å². The number of benzene rings is 1. The first-order chi connectivity index (χ1) is 7.67. The first-order valence-electron chi connectivity index (χ1n) is 4.75. The maximum atomic E-state index is 13.2. The lowest BCUT2D eigenvalue weighted by Gasteiger charge is -1.98. The second kappa shape index (κ2) is 5.89. The highest BCUT2D eigenvalue weighted by Crippen LogP contribution is 2.09. The lowest BCUT2D eigenvalue weighted by molar-refractivity contribution is -0.136. The quantitative estimate of drug-likeness (QED) is 0.604. The summed E-state index contributed by atoms with van der Waals surface area (Å²) >= 11 is 0. The van der Waals surface area contributed by atoms with Crippen LogP contribution in [0.3, 0.4) is 0 Å². The fourth-order valence-electron chi connectivity index (χ4n) is 1.05. The molecular formula is C12H11FO3. The lowest BCUT2D eigenvalue weighted by atomic mass is 10.1. The summed E-state index contributed by atoms with van der Waals surface area (Å²) in [4.78, 5) is 10.9. The molecule has 0 radical (unpaired) electrons. The average molecular weight is 222 g/mol. The predicted octanol–water partition coefficient (Wildman–Crippen LogP) is 1.23. The van der Waals surface area contributed by atoms with Crippen LogP contribution in [0.15, 0.2) is 18.2 Å². The molecule has 0 aliphatic heterocycles. The fourth-order valence-corrected chi connectivity index (χ4v) is 1.05. The Morgan fingerprint density at radius 2 is 2.31 bits per heavy atom. The molecule has 0 spiro atoms. The van der Waals surface area contributed by atoms with Crippen molar-refractivity contribution in [1.82, 2.24) is 0 Å². The molecule has 0 aromatic heterocycles. The van der Waals surface area contributed by atoms with Gasteiger partial charge in [0.1, 0.15) is 5.82 Å². The first-order valence-corrected chi connectivity index (χ1v) is 4.75. The number of aliphatic hydroxyl groups is 1. The van der Waals surface area contributed by atoms with Gasteiger partial charge < -0.3 is 9.84 Å². The normalized spacial score (nSPS) is 9.19. The molecule has 1 aromatic rings. The summed E-state index contributed by atoms with van der Waals surface area (Å²) in [6.45, 7) is 1.69. The highest BCUT2D eigenvalue weighted by Gasteiger charge is 2.01. The maximum absolute atomic E-state index is 13.2. The third kappa shape index (κ3) is 3.37. The SMILES string of the molecule is CCOC(=O)C#Cc1cc(CO)ccc1F. The molecule has 84 valence electrons. The highest BCUT2D eigenvalue weighted by molar-refractivity contribution is 5.89. The van der Waals surface area contributed by atoms with Crippen LogP contribution in [-0.2, 0) is 16.1 Å². The Hall–Kier alpha value is -1.86. The van der Waals surface area contributed by atoms with E-state index in [4.69, 9.17) is 5.11 Å². The number of hydrogen-bond donors (Lipinski definition) is 1. The van der Waals surface area contributed by atoms with Gasteiger partial charge in [-0.25, -0.2) is 9.18 Å². The van der Waals surface area contributed by atoms with Gasteiger partial charge in [-0.05, 0) is 24.6 Å². The molecule has 0 heterocycles. The molecule has 1 N–H and O–H groups in total. The molecule has 1 rings (SSSR count). The minimum absolute atomic E-state index is 0.0691. The third-order valence-corrected chi connectivity index (χ3v) is 1.79. The summed E-state index contributed by atoms with van der Waals surface area (Å²) in [5.41, 5.74) is 0.606. The van der Waals surface area contributed by atoms with Crippen molar-refractivity contribution < 1.29 is 19.0 Å². The Kier molecular flexibility index (Phi) is 4.49. The second-order valence-electron chi connectivity index (χ2n) is 2.94. The van der Waals surface area contributed by atoms with Crippen LogP contribution in [0.2, 0.25) is 0 Å². The van der Waals surface area contributed by atoms with E-state index in [-0.39, 0.29) is 18.8 Å². The van der Waals surface area contributed by atoms with Crippen molar-refractivity contribution in [2.45, 2.75) is 13.5 Å². The smallest absolute Gasteiger partial charge is 0.384 e. The van der Waals surface area contributed by atoms with Gasteiger partial charge in [0.2, 0.25) is 0 Å². The van der Waals surface area contributed by atoms with E-state index in [1.54, 1.807) is 6.92 Å². The molecule has 0 unspecified atom stereocenters. The molecule has 0 aliphatic carbocycles. The van der Waals surface area contributed by atoms with Crippen molar-refractivity contribution in [2.75, 3.05) is 6.61 Å². The summed E-state index contributed by atoms with van der Waals surface area (Å²) in [6.07, 6.45) is 0. The molecule has 1 aromatic carbocycles. The molecule has 0 saturated carbocycles. The number of ether oxygens (including phenoxy) is 1. The molecule has 16 heavy (non-hydrogen) atoms. The van der Waals surface area contributed by atoms with E-state index in [1.807, 2.05) is 0 Å². The number of rotatable bonds is 2. The third-order valence-electron chi connectivity index (χ3n) is 1.79. The van der Waals surface area contributed by atoms with Gasteiger partial charge in [0, 0.05) is 5.92 Å². The van der Waals surface area contributed by atoms with E-state index in [0.717, 1.165) is 0 Å². The monoisotopic (exact) mass is 222 g/mol. The second-order valence-corrected chi connectivity index (χ2v) is 2.94. The Labute approximate surface area is 92.9 Å². The summed E-state index contributed by atoms with van der Waals surface area (Å²) in [5, 5.41) is 8.85. The summed E-state index contributed by atoms with van der Waals surface area (Å²) in [5.74, 6) is 3.29. The summed E-state index contributed by atoms with van der Waals surface area (Å²) in [7, 11) is 0. The van der Waals surface area contributed by atoms with Crippen molar-refractivity contribution in [3.05, 3.63) is 35.1 Å². The minimum atomic E-state index is -0.698. The highest BCUT2D eigenvalue weighted by atomic mass is 19.1. The molecule has 0 fully saturated rings. The Morgan fingerprint density at radius 3 is 2.94 bits per heavy atom. The summed E-state index contributed by atoms with van der Waals surface area (Å²) in [6, 6.07) is 4.03.